The number of likely N-dealkylation sites (tertiary alicyclic amines) is 1. The Kier molecular flexibility index (Phi) is 12.1. The third-order valence-corrected chi connectivity index (χ3v) is 15.8. The number of aromatic nitrogens is 4. The molecule has 16 nitrogen and oxygen atoms in total. The topological polar surface area (TPSA) is 183 Å². The van der Waals surface area contributed by atoms with Gasteiger partial charge in [-0.05, 0) is 114 Å². The van der Waals surface area contributed by atoms with Gasteiger partial charge in [0.25, 0.3) is 11.8 Å². The van der Waals surface area contributed by atoms with E-state index >= 15 is 0 Å². The molecule has 75 heavy (non-hydrogen) atoms. The lowest BCUT2D eigenvalue weighted by Gasteiger charge is -2.33. The molecule has 3 fully saturated rings. The molecule has 7 aromatic rings. The van der Waals surface area contributed by atoms with Crippen LogP contribution in [0.2, 0.25) is 5.02 Å². The molecule has 5 aliphatic rings. The summed E-state index contributed by atoms with van der Waals surface area (Å²) < 4.78 is 44.9. The number of carbonyl (C=O) groups is 6. The average molecular weight is 1040 g/mol. The highest BCUT2D eigenvalue weighted by Gasteiger charge is 2.42. The molecule has 2 unspecified atom stereocenters. The molecule has 20 heteroatoms. The molecule has 2 atom stereocenters. The van der Waals surface area contributed by atoms with E-state index in [-0.39, 0.29) is 88.3 Å². The van der Waals surface area contributed by atoms with E-state index < -0.39 is 36.0 Å². The molecule has 0 saturated carbocycles. The number of nitrogens with one attached hydrogen (secondary N) is 3. The molecule has 9 heterocycles. The Morgan fingerprint density at radius 2 is 1.28 bits per heavy atom. The van der Waals surface area contributed by atoms with E-state index in [9.17, 15) is 41.9 Å². The number of hydrogen-bond donors (Lipinski definition) is 3. The first-order valence-electron chi connectivity index (χ1n) is 24.9. The number of imide groups is 2. The van der Waals surface area contributed by atoms with Gasteiger partial charge < -0.3 is 19.5 Å². The number of fused-ring (bicyclic) bond motifs is 4. The summed E-state index contributed by atoms with van der Waals surface area (Å²) in [6, 6.07) is 19.5. The molecule has 4 aromatic heterocycles. The lowest BCUT2D eigenvalue weighted by Crippen LogP contribution is -2.52. The summed E-state index contributed by atoms with van der Waals surface area (Å²) in [6.45, 7) is 2.23. The molecule has 5 aliphatic heterocycles. The number of benzene rings is 3. The van der Waals surface area contributed by atoms with Gasteiger partial charge >= 0.3 is 6.18 Å². The summed E-state index contributed by atoms with van der Waals surface area (Å²) in [5.41, 5.74) is 11.1. The van der Waals surface area contributed by atoms with Crippen molar-refractivity contribution in [1.82, 2.24) is 49.4 Å². The third kappa shape index (κ3) is 8.91. The van der Waals surface area contributed by atoms with Gasteiger partial charge in [0.05, 0.1) is 22.8 Å². The summed E-state index contributed by atoms with van der Waals surface area (Å²) in [6.07, 6.45) is 5.91. The highest BCUT2D eigenvalue weighted by molar-refractivity contribution is 6.34. The van der Waals surface area contributed by atoms with Crippen LogP contribution in [-0.4, -0.2) is 100 Å². The number of pyridine rings is 2. The second-order valence-electron chi connectivity index (χ2n) is 20.0. The van der Waals surface area contributed by atoms with Gasteiger partial charge in [-0.3, -0.25) is 48.7 Å². The molecular weight excluding hydrogens is 989 g/mol. The van der Waals surface area contributed by atoms with Crippen LogP contribution in [0.4, 0.5) is 13.2 Å². The molecule has 0 spiro atoms. The van der Waals surface area contributed by atoms with Gasteiger partial charge in [-0.25, -0.2) is 9.97 Å². The zero-order chi connectivity index (χ0) is 51.9. The van der Waals surface area contributed by atoms with Crippen LogP contribution < -0.4 is 16.0 Å². The summed E-state index contributed by atoms with van der Waals surface area (Å²) >= 11 is 7.32. The number of halogens is 4. The minimum absolute atomic E-state index is 0.0136. The minimum Gasteiger partial charge on any atom is -0.322 e. The molecule has 3 aromatic carbocycles. The van der Waals surface area contributed by atoms with Crippen molar-refractivity contribution in [2.45, 2.75) is 89.5 Å². The van der Waals surface area contributed by atoms with Gasteiger partial charge in [0.1, 0.15) is 23.4 Å². The predicted molar refractivity (Wildman–Crippen MR) is 268 cm³/mol. The largest absolute Gasteiger partial charge is 0.391 e. The maximum absolute atomic E-state index is 13.7. The Bertz CT molecular complexity index is 3570. The van der Waals surface area contributed by atoms with Gasteiger partial charge in [0, 0.05) is 98.2 Å². The molecule has 3 saturated heterocycles. The molecule has 0 aliphatic carbocycles. The fourth-order valence-corrected chi connectivity index (χ4v) is 11.7. The lowest BCUT2D eigenvalue weighted by atomic mass is 9.95. The van der Waals surface area contributed by atoms with Gasteiger partial charge in [-0.2, -0.15) is 13.2 Å². The second kappa shape index (κ2) is 18.9. The van der Waals surface area contributed by atoms with Crippen molar-refractivity contribution in [2.24, 2.45) is 5.92 Å². The van der Waals surface area contributed by atoms with E-state index in [1.165, 1.54) is 9.80 Å². The number of amides is 6. The molecule has 0 radical (unpaired) electrons. The van der Waals surface area contributed by atoms with Crippen LogP contribution in [0.5, 0.6) is 0 Å². The van der Waals surface area contributed by atoms with Gasteiger partial charge in [-0.15, -0.1) is 0 Å². The van der Waals surface area contributed by atoms with Gasteiger partial charge in [-0.1, -0.05) is 41.9 Å². The van der Waals surface area contributed by atoms with Crippen LogP contribution in [0.25, 0.3) is 44.8 Å². The van der Waals surface area contributed by atoms with Crippen LogP contribution in [0.1, 0.15) is 87.1 Å². The molecule has 6 amide bonds. The lowest BCUT2D eigenvalue weighted by molar-refractivity contribution is -0.185. The van der Waals surface area contributed by atoms with Crippen molar-refractivity contribution in [3.63, 3.8) is 0 Å². The fourth-order valence-electron chi connectivity index (χ4n) is 11.5. The first-order chi connectivity index (χ1) is 36.1. The maximum Gasteiger partial charge on any atom is 0.391 e. The van der Waals surface area contributed by atoms with Crippen LogP contribution in [-0.2, 0) is 51.9 Å². The Hall–Kier alpha value is -7.74. The Labute approximate surface area is 431 Å². The van der Waals surface area contributed by atoms with Crippen LogP contribution >= 0.6 is 11.6 Å². The number of nitrogens with zero attached hydrogens (tertiary/aromatic N) is 7. The summed E-state index contributed by atoms with van der Waals surface area (Å²) in [5.74, 6) is -3.54. The fraction of sp³-hybridized carbons (Fsp3) is 0.309. The molecule has 382 valence electrons. The van der Waals surface area contributed by atoms with Crippen molar-refractivity contribution >= 4 is 58.3 Å². The molecule has 0 bridgehead atoms. The average Bonchev–Trinajstić information content (AvgIpc) is 4.19. The second-order valence-corrected chi connectivity index (χ2v) is 20.4. The molecule has 3 N–H and O–H groups in total. The molecular formula is C55H48ClF3N10O6. The third-order valence-electron chi connectivity index (χ3n) is 15.3. The number of imidazole rings is 2. The van der Waals surface area contributed by atoms with Crippen molar-refractivity contribution in [1.29, 1.82) is 0 Å². The number of rotatable bonds is 11. The van der Waals surface area contributed by atoms with Crippen molar-refractivity contribution in [3.8, 4) is 33.5 Å². The maximum atomic E-state index is 13.7. The van der Waals surface area contributed by atoms with E-state index in [0.29, 0.717) is 52.7 Å². The van der Waals surface area contributed by atoms with E-state index in [4.69, 9.17) is 16.6 Å². The number of alkyl halides is 3. The highest BCUT2D eigenvalue weighted by Crippen LogP contribution is 2.39. The van der Waals surface area contributed by atoms with E-state index in [0.717, 1.165) is 55.7 Å². The number of hydrogen-bond acceptors (Lipinski definition) is 10. The van der Waals surface area contributed by atoms with Crippen LogP contribution in [0, 0.1) is 5.92 Å². The summed E-state index contributed by atoms with van der Waals surface area (Å²) in [4.78, 5) is 90.9. The summed E-state index contributed by atoms with van der Waals surface area (Å²) in [7, 11) is 0. The quantitative estimate of drug-likeness (QED) is 0.112. The number of piperidine rings is 3. The zero-order valence-corrected chi connectivity index (χ0v) is 41.0. The van der Waals surface area contributed by atoms with Gasteiger partial charge in [0.2, 0.25) is 23.6 Å². The van der Waals surface area contributed by atoms with E-state index in [2.05, 4.69) is 27.0 Å². The van der Waals surface area contributed by atoms with E-state index in [1.807, 2.05) is 80.8 Å². The monoisotopic (exact) mass is 1040 g/mol. The van der Waals surface area contributed by atoms with Crippen molar-refractivity contribution in [3.05, 3.63) is 142 Å². The standard InChI is InChI=1S/C55H48ClF3N10O6/c56-48-34(23-60-22-30-18-41(49-61-14-17-66(49)26-30)32-4-6-38-35(20-32)28-68(53(38)74)43-8-10-46(70)63-51(43)72)2-1-3-40(48)45-24-62-50-42(19-31(27-67(45)50)25-65-15-12-37(13-16-65)55(57,58)59)33-5-7-39-36(21-33)29-69(54(39)75)44-9-11-47(71)64-52(44)73/h1-7,14,17-21,24,26-27,37,43-44,60H,8-13,15-16,22-23,25,28-29H2,(H,63,70,72)(H,64,71,73). The summed E-state index contributed by atoms with van der Waals surface area (Å²) in [5, 5.41) is 8.76. The van der Waals surface area contributed by atoms with Crippen molar-refractivity contribution in [2.75, 3.05) is 13.1 Å². The molecule has 12 rings (SSSR count). The van der Waals surface area contributed by atoms with Crippen LogP contribution in [0.3, 0.4) is 0 Å². The van der Waals surface area contributed by atoms with E-state index in [1.54, 1.807) is 24.5 Å². The Morgan fingerprint density at radius 1 is 0.667 bits per heavy atom. The zero-order valence-electron chi connectivity index (χ0n) is 40.3. The SMILES string of the molecule is O=C1CCC(N2Cc3cc(-c4cc(CNCc5cccc(-c6cnc7c(-c8ccc9c(c8)CN(C8CCC(=O)NC8=O)C9=O)cc(CN8CCC(C(F)(F)F)CC8)cn67)c5Cl)cn5ccnc45)ccc3C2=O)C(=O)N1. The Morgan fingerprint density at radius 3 is 1.89 bits per heavy atom. The highest BCUT2D eigenvalue weighted by atomic mass is 35.5. The first-order valence-corrected chi connectivity index (χ1v) is 25.3. The minimum atomic E-state index is -4.24. The normalized spacial score (nSPS) is 19.6. The van der Waals surface area contributed by atoms with Gasteiger partial charge in [0.15, 0.2) is 0 Å². The van der Waals surface area contributed by atoms with Crippen LogP contribution in [0.15, 0.2) is 97.7 Å². The first kappa shape index (κ1) is 48.2. The number of carbonyl (C=O) groups excluding carboxylic acids is 6. The smallest absolute Gasteiger partial charge is 0.322 e. The Balaban J connectivity index is 0.811. The predicted octanol–water partition coefficient (Wildman–Crippen LogP) is 7.22. The van der Waals surface area contributed by atoms with Crippen molar-refractivity contribution < 1.29 is 41.9 Å².